The maximum atomic E-state index is 13.3. The Morgan fingerprint density at radius 1 is 1.33 bits per heavy atom. The van der Waals surface area contributed by atoms with Crippen LogP contribution in [-0.4, -0.2) is 30.0 Å². The number of fused-ring (bicyclic) bond motifs is 1. The molecule has 110 valence electrons. The van der Waals surface area contributed by atoms with E-state index in [2.05, 4.69) is 15.0 Å². The molecular formula is C15H15FN2O3. The largest absolute Gasteiger partial charge is 0.467 e. The number of esters is 1. The van der Waals surface area contributed by atoms with Crippen LogP contribution >= 0.6 is 0 Å². The number of hydrogen-bond donors (Lipinski definition) is 1. The van der Waals surface area contributed by atoms with Crippen LogP contribution in [0.25, 0.3) is 10.9 Å². The lowest BCUT2D eigenvalue weighted by atomic mass is 10.1. The van der Waals surface area contributed by atoms with Gasteiger partial charge in [-0.15, -0.1) is 0 Å². The van der Waals surface area contributed by atoms with Crippen molar-refractivity contribution in [1.82, 2.24) is 10.3 Å². The first kappa shape index (κ1) is 14.9. The first-order valence-electron chi connectivity index (χ1n) is 6.38. The van der Waals surface area contributed by atoms with Gasteiger partial charge in [0, 0.05) is 17.1 Å². The number of nitrogens with one attached hydrogen (secondary N) is 1. The van der Waals surface area contributed by atoms with Crippen LogP contribution in [0, 0.1) is 12.7 Å². The Labute approximate surface area is 121 Å². The number of hydrogen-bond acceptors (Lipinski definition) is 4. The fourth-order valence-electron chi connectivity index (χ4n) is 2.03. The van der Waals surface area contributed by atoms with Gasteiger partial charge in [0.25, 0.3) is 5.91 Å². The van der Waals surface area contributed by atoms with E-state index in [-0.39, 0.29) is 0 Å². The molecule has 21 heavy (non-hydrogen) atoms. The van der Waals surface area contributed by atoms with Gasteiger partial charge in [-0.1, -0.05) is 0 Å². The molecule has 1 heterocycles. The molecule has 0 aliphatic rings. The summed E-state index contributed by atoms with van der Waals surface area (Å²) in [5, 5.41) is 3.07. The monoisotopic (exact) mass is 290 g/mol. The molecule has 0 aliphatic heterocycles. The molecule has 0 spiro atoms. The minimum atomic E-state index is -0.772. The van der Waals surface area contributed by atoms with E-state index in [1.165, 1.54) is 32.2 Å². The summed E-state index contributed by atoms with van der Waals surface area (Å²) in [6, 6.07) is 4.85. The summed E-state index contributed by atoms with van der Waals surface area (Å²) in [7, 11) is 1.25. The van der Waals surface area contributed by atoms with Crippen molar-refractivity contribution in [3.8, 4) is 0 Å². The first-order chi connectivity index (χ1) is 9.92. The summed E-state index contributed by atoms with van der Waals surface area (Å²) in [4.78, 5) is 27.8. The van der Waals surface area contributed by atoms with Crippen molar-refractivity contribution in [2.24, 2.45) is 0 Å². The van der Waals surface area contributed by atoms with Crippen molar-refractivity contribution in [2.45, 2.75) is 19.9 Å². The van der Waals surface area contributed by atoms with Crippen molar-refractivity contribution in [1.29, 1.82) is 0 Å². The molecule has 0 saturated carbocycles. The number of pyridine rings is 1. The van der Waals surface area contributed by atoms with Gasteiger partial charge in [0.2, 0.25) is 0 Å². The molecule has 1 aromatic carbocycles. The van der Waals surface area contributed by atoms with Crippen LogP contribution in [0.2, 0.25) is 0 Å². The topological polar surface area (TPSA) is 68.3 Å². The van der Waals surface area contributed by atoms with Crippen LogP contribution in [0.15, 0.2) is 24.3 Å². The van der Waals surface area contributed by atoms with Gasteiger partial charge in [-0.05, 0) is 32.0 Å². The second-order valence-corrected chi connectivity index (χ2v) is 4.69. The molecule has 1 N–H and O–H groups in total. The average Bonchev–Trinajstić information content (AvgIpc) is 2.44. The lowest BCUT2D eigenvalue weighted by molar-refractivity contribution is -0.142. The van der Waals surface area contributed by atoms with Crippen molar-refractivity contribution < 1.29 is 18.7 Å². The normalized spacial score (nSPS) is 12.0. The number of aromatic nitrogens is 1. The van der Waals surface area contributed by atoms with Gasteiger partial charge >= 0.3 is 5.97 Å². The number of aryl methyl sites for hydroxylation is 1. The Hall–Kier alpha value is -2.50. The van der Waals surface area contributed by atoms with Crippen LogP contribution in [0.1, 0.15) is 23.0 Å². The van der Waals surface area contributed by atoms with E-state index in [4.69, 9.17) is 0 Å². The number of carbonyl (C=O) groups is 2. The molecule has 0 radical (unpaired) electrons. The SMILES string of the molecule is COC(=O)[C@H](C)NC(=O)c1cc(C)nc2cc(F)ccc12. The Balaban J connectivity index is 2.41. The molecule has 0 unspecified atom stereocenters. The van der Waals surface area contributed by atoms with E-state index < -0.39 is 23.7 Å². The molecule has 0 aliphatic carbocycles. The second-order valence-electron chi connectivity index (χ2n) is 4.69. The molecule has 2 aromatic rings. The van der Waals surface area contributed by atoms with E-state index >= 15 is 0 Å². The molecule has 1 aromatic heterocycles. The number of ether oxygens (including phenoxy) is 1. The van der Waals surface area contributed by atoms with Gasteiger partial charge in [-0.3, -0.25) is 9.78 Å². The van der Waals surface area contributed by atoms with Gasteiger partial charge < -0.3 is 10.1 Å². The molecule has 1 amide bonds. The van der Waals surface area contributed by atoms with Crippen molar-refractivity contribution >= 4 is 22.8 Å². The number of methoxy groups -OCH3 is 1. The Kier molecular flexibility index (Phi) is 4.16. The van der Waals surface area contributed by atoms with Gasteiger partial charge in [-0.2, -0.15) is 0 Å². The maximum Gasteiger partial charge on any atom is 0.328 e. The molecule has 6 heteroatoms. The highest BCUT2D eigenvalue weighted by atomic mass is 19.1. The Bertz CT molecular complexity index is 710. The Morgan fingerprint density at radius 2 is 2.05 bits per heavy atom. The molecule has 5 nitrogen and oxygen atoms in total. The fraction of sp³-hybridized carbons (Fsp3) is 0.267. The summed E-state index contributed by atoms with van der Waals surface area (Å²) in [6.45, 7) is 3.24. The van der Waals surface area contributed by atoms with E-state index in [0.29, 0.717) is 22.2 Å². The highest BCUT2D eigenvalue weighted by molar-refractivity contribution is 6.07. The summed E-state index contributed by atoms with van der Waals surface area (Å²) in [6.07, 6.45) is 0. The predicted octanol–water partition coefficient (Wildman–Crippen LogP) is 1.97. The number of benzene rings is 1. The van der Waals surface area contributed by atoms with Gasteiger partial charge in [0.15, 0.2) is 0 Å². The number of nitrogens with zero attached hydrogens (tertiary/aromatic N) is 1. The van der Waals surface area contributed by atoms with Gasteiger partial charge in [-0.25, -0.2) is 9.18 Å². The standard InChI is InChI=1S/C15H15FN2O3/c1-8-6-12(14(19)18-9(2)15(20)21-3)11-5-4-10(16)7-13(11)17-8/h4-7,9H,1-3H3,(H,18,19)/t9-/m0/s1. The van der Waals surface area contributed by atoms with Crippen LogP contribution in [-0.2, 0) is 9.53 Å². The Morgan fingerprint density at radius 3 is 2.71 bits per heavy atom. The zero-order chi connectivity index (χ0) is 15.6. The summed E-state index contributed by atoms with van der Waals surface area (Å²) < 4.78 is 17.8. The molecule has 0 saturated heterocycles. The quantitative estimate of drug-likeness (QED) is 0.878. The zero-order valence-electron chi connectivity index (χ0n) is 11.9. The third-order valence-corrected chi connectivity index (χ3v) is 3.05. The minimum absolute atomic E-state index is 0.341. The molecule has 2 rings (SSSR count). The van der Waals surface area contributed by atoms with Gasteiger partial charge in [0.05, 0.1) is 18.2 Å². The zero-order valence-corrected chi connectivity index (χ0v) is 11.9. The number of rotatable bonds is 3. The highest BCUT2D eigenvalue weighted by Crippen LogP contribution is 2.19. The lowest BCUT2D eigenvalue weighted by Crippen LogP contribution is -2.39. The van der Waals surface area contributed by atoms with E-state index in [1.54, 1.807) is 13.0 Å². The first-order valence-corrected chi connectivity index (χ1v) is 6.38. The van der Waals surface area contributed by atoms with Crippen molar-refractivity contribution in [3.05, 3.63) is 41.3 Å². The summed E-state index contributed by atoms with van der Waals surface area (Å²) in [5.74, 6) is -1.39. The predicted molar refractivity (Wildman–Crippen MR) is 75.4 cm³/mol. The van der Waals surface area contributed by atoms with Crippen LogP contribution in [0.3, 0.4) is 0 Å². The number of carbonyl (C=O) groups excluding carboxylic acids is 2. The second kappa shape index (κ2) is 5.87. The summed E-state index contributed by atoms with van der Waals surface area (Å²) >= 11 is 0. The van der Waals surface area contributed by atoms with E-state index in [0.717, 1.165) is 0 Å². The highest BCUT2D eigenvalue weighted by Gasteiger charge is 2.19. The molecular weight excluding hydrogens is 275 g/mol. The van der Waals surface area contributed by atoms with Crippen LogP contribution in [0.4, 0.5) is 4.39 Å². The van der Waals surface area contributed by atoms with Crippen LogP contribution in [0.5, 0.6) is 0 Å². The maximum absolute atomic E-state index is 13.3. The smallest absolute Gasteiger partial charge is 0.328 e. The molecule has 1 atom stereocenters. The summed E-state index contributed by atoms with van der Waals surface area (Å²) in [5.41, 5.74) is 1.32. The van der Waals surface area contributed by atoms with E-state index in [1.807, 2.05) is 0 Å². The van der Waals surface area contributed by atoms with Crippen molar-refractivity contribution in [3.63, 3.8) is 0 Å². The lowest BCUT2D eigenvalue weighted by Gasteiger charge is -2.13. The number of halogens is 1. The van der Waals surface area contributed by atoms with Gasteiger partial charge in [0.1, 0.15) is 11.9 Å². The molecule has 0 bridgehead atoms. The minimum Gasteiger partial charge on any atom is -0.467 e. The molecule has 0 fully saturated rings. The third-order valence-electron chi connectivity index (χ3n) is 3.05. The third kappa shape index (κ3) is 3.16. The average molecular weight is 290 g/mol. The van der Waals surface area contributed by atoms with Crippen molar-refractivity contribution in [2.75, 3.05) is 7.11 Å². The fourth-order valence-corrected chi connectivity index (χ4v) is 2.03. The number of amides is 1. The van der Waals surface area contributed by atoms with E-state index in [9.17, 15) is 14.0 Å². The van der Waals surface area contributed by atoms with Crippen LogP contribution < -0.4 is 5.32 Å².